The molecule has 22 heavy (non-hydrogen) atoms. The van der Waals surface area contributed by atoms with E-state index in [1.54, 1.807) is 6.07 Å². The lowest BCUT2D eigenvalue weighted by Crippen LogP contribution is -2.28. The Morgan fingerprint density at radius 2 is 2.09 bits per heavy atom. The topological polar surface area (TPSA) is 46.1 Å². The van der Waals surface area contributed by atoms with E-state index < -0.39 is 17.1 Å². The molecule has 0 aliphatic carbocycles. The zero-order valence-electron chi connectivity index (χ0n) is 11.1. The van der Waals surface area contributed by atoms with E-state index in [4.69, 9.17) is 0 Å². The summed E-state index contributed by atoms with van der Waals surface area (Å²) in [7, 11) is 0. The van der Waals surface area contributed by atoms with Gasteiger partial charge in [-0.15, -0.1) is 11.8 Å². The van der Waals surface area contributed by atoms with Gasteiger partial charge in [-0.3, -0.25) is 14.7 Å². The van der Waals surface area contributed by atoms with Gasteiger partial charge in [0.2, 0.25) is 5.91 Å². The van der Waals surface area contributed by atoms with E-state index in [1.165, 1.54) is 41.3 Å². The van der Waals surface area contributed by atoms with Crippen LogP contribution in [0.2, 0.25) is 0 Å². The number of thioether (sulfide) groups is 1. The largest absolute Gasteiger partial charge is 0.416 e. The van der Waals surface area contributed by atoms with Crippen molar-refractivity contribution in [3.05, 3.63) is 54.0 Å². The summed E-state index contributed by atoms with van der Waals surface area (Å²) in [5, 5.41) is -0.536. The number of amides is 1. The van der Waals surface area contributed by atoms with Gasteiger partial charge >= 0.3 is 6.18 Å². The fourth-order valence-electron chi connectivity index (χ4n) is 2.20. The van der Waals surface area contributed by atoms with Crippen molar-refractivity contribution in [2.75, 3.05) is 10.7 Å². The predicted molar refractivity (Wildman–Crippen MR) is 76.2 cm³/mol. The highest BCUT2D eigenvalue weighted by Gasteiger charge is 2.37. The van der Waals surface area contributed by atoms with Crippen LogP contribution in [0.3, 0.4) is 0 Å². The number of carbonyl (C=O) groups excluding carboxylic acids is 1. The molecule has 0 spiro atoms. The van der Waals surface area contributed by atoms with Gasteiger partial charge in [-0.1, -0.05) is 12.1 Å². The molecule has 8 heteroatoms. The minimum absolute atomic E-state index is 0.192. The Hall–Kier alpha value is -2.09. The molecule has 1 saturated heterocycles. The molecule has 1 unspecified atom stereocenters. The van der Waals surface area contributed by atoms with E-state index in [0.29, 0.717) is 11.4 Å². The normalized spacial score (nSPS) is 18.8. The van der Waals surface area contributed by atoms with Crippen molar-refractivity contribution in [3.8, 4) is 0 Å². The zero-order chi connectivity index (χ0) is 15.7. The Morgan fingerprint density at radius 1 is 1.27 bits per heavy atom. The minimum Gasteiger partial charge on any atom is -0.278 e. The van der Waals surface area contributed by atoms with E-state index in [9.17, 15) is 18.0 Å². The van der Waals surface area contributed by atoms with Crippen LogP contribution < -0.4 is 4.90 Å². The summed E-state index contributed by atoms with van der Waals surface area (Å²) in [5.74, 6) is 0.324. The van der Waals surface area contributed by atoms with Gasteiger partial charge in [0.05, 0.1) is 17.5 Å². The molecule has 0 bridgehead atoms. The van der Waals surface area contributed by atoms with Crippen LogP contribution >= 0.6 is 11.8 Å². The summed E-state index contributed by atoms with van der Waals surface area (Å²) in [6.45, 7) is 0. The molecule has 2 aromatic rings. The fraction of sp³-hybridized carbons (Fsp3) is 0.214. The van der Waals surface area contributed by atoms with Crippen LogP contribution in [0.15, 0.2) is 42.9 Å². The van der Waals surface area contributed by atoms with Crippen LogP contribution in [0.4, 0.5) is 19.0 Å². The highest BCUT2D eigenvalue weighted by Crippen LogP contribution is 2.42. The summed E-state index contributed by atoms with van der Waals surface area (Å²) in [6, 6.07) is 5.00. The van der Waals surface area contributed by atoms with Gasteiger partial charge < -0.3 is 0 Å². The minimum atomic E-state index is -4.42. The molecule has 0 N–H and O–H groups in total. The Kier molecular flexibility index (Phi) is 3.78. The SMILES string of the molecule is O=C1CSC(c2cccc(C(F)(F)F)c2)N1c1cnccn1. The van der Waals surface area contributed by atoms with Crippen molar-refractivity contribution in [3.63, 3.8) is 0 Å². The summed E-state index contributed by atoms with van der Waals surface area (Å²) in [6.07, 6.45) is -0.0870. The number of hydrogen-bond acceptors (Lipinski definition) is 4. The Balaban J connectivity index is 1.99. The van der Waals surface area contributed by atoms with Crippen LogP contribution in [0, 0.1) is 0 Å². The third kappa shape index (κ3) is 2.78. The first kappa shape index (κ1) is 14.8. The third-order valence-corrected chi connectivity index (χ3v) is 4.38. The van der Waals surface area contributed by atoms with E-state index >= 15 is 0 Å². The molecule has 4 nitrogen and oxygen atoms in total. The monoisotopic (exact) mass is 325 g/mol. The van der Waals surface area contributed by atoms with Crippen LogP contribution in [0.25, 0.3) is 0 Å². The van der Waals surface area contributed by atoms with Crippen molar-refractivity contribution >= 4 is 23.5 Å². The Labute approximate surface area is 128 Å². The van der Waals surface area contributed by atoms with Gasteiger partial charge in [-0.05, 0) is 17.7 Å². The summed E-state index contributed by atoms with van der Waals surface area (Å²) in [4.78, 5) is 21.4. The van der Waals surface area contributed by atoms with Gasteiger partial charge in [0.15, 0.2) is 5.82 Å². The number of halogens is 3. The van der Waals surface area contributed by atoms with E-state index in [-0.39, 0.29) is 11.7 Å². The van der Waals surface area contributed by atoms with Crippen molar-refractivity contribution in [1.82, 2.24) is 9.97 Å². The molecule has 1 fully saturated rings. The first-order valence-corrected chi connectivity index (χ1v) is 7.38. The smallest absolute Gasteiger partial charge is 0.278 e. The van der Waals surface area contributed by atoms with Crippen molar-refractivity contribution in [1.29, 1.82) is 0 Å². The molecule has 3 rings (SSSR count). The van der Waals surface area contributed by atoms with Crippen molar-refractivity contribution in [2.24, 2.45) is 0 Å². The lowest BCUT2D eigenvalue weighted by atomic mass is 10.1. The van der Waals surface area contributed by atoms with Crippen LogP contribution in [-0.2, 0) is 11.0 Å². The molecule has 1 aliphatic rings. The van der Waals surface area contributed by atoms with E-state index in [0.717, 1.165) is 12.1 Å². The molecular formula is C14H10F3N3OS. The maximum atomic E-state index is 12.8. The summed E-state index contributed by atoms with van der Waals surface area (Å²) >= 11 is 1.27. The Morgan fingerprint density at radius 3 is 2.77 bits per heavy atom. The highest BCUT2D eigenvalue weighted by atomic mass is 32.2. The van der Waals surface area contributed by atoms with Gasteiger partial charge in [-0.25, -0.2) is 4.98 Å². The molecule has 2 heterocycles. The molecule has 1 aliphatic heterocycles. The molecule has 1 aromatic heterocycles. The second-order valence-electron chi connectivity index (χ2n) is 4.61. The fourth-order valence-corrected chi connectivity index (χ4v) is 3.36. The molecule has 1 atom stereocenters. The number of aromatic nitrogens is 2. The number of benzene rings is 1. The van der Waals surface area contributed by atoms with Crippen molar-refractivity contribution < 1.29 is 18.0 Å². The highest BCUT2D eigenvalue weighted by molar-refractivity contribution is 8.00. The summed E-state index contributed by atoms with van der Waals surface area (Å²) in [5.41, 5.74) is -0.319. The number of nitrogens with zero attached hydrogens (tertiary/aromatic N) is 3. The number of rotatable bonds is 2. The molecule has 0 radical (unpaired) electrons. The number of hydrogen-bond donors (Lipinski definition) is 0. The quantitative estimate of drug-likeness (QED) is 0.850. The van der Waals surface area contributed by atoms with Gasteiger partial charge in [0, 0.05) is 12.4 Å². The third-order valence-electron chi connectivity index (χ3n) is 3.16. The average molecular weight is 325 g/mol. The first-order chi connectivity index (χ1) is 10.5. The zero-order valence-corrected chi connectivity index (χ0v) is 11.9. The second kappa shape index (κ2) is 5.60. The van der Waals surface area contributed by atoms with Gasteiger partial charge in [-0.2, -0.15) is 13.2 Å². The van der Waals surface area contributed by atoms with E-state index in [2.05, 4.69) is 9.97 Å². The standard InChI is InChI=1S/C14H10F3N3OS/c15-14(16,17)10-3-1-2-9(6-10)13-20(12(21)8-22-13)11-7-18-4-5-19-11/h1-7,13H,8H2. The molecule has 1 amide bonds. The van der Waals surface area contributed by atoms with Crippen LogP contribution in [0.1, 0.15) is 16.5 Å². The van der Waals surface area contributed by atoms with Gasteiger partial charge in [0.1, 0.15) is 5.37 Å². The molecule has 1 aromatic carbocycles. The number of alkyl halides is 3. The molecule has 0 saturated carbocycles. The number of carbonyl (C=O) groups is 1. The van der Waals surface area contributed by atoms with Crippen LogP contribution in [0.5, 0.6) is 0 Å². The van der Waals surface area contributed by atoms with E-state index in [1.807, 2.05) is 0 Å². The van der Waals surface area contributed by atoms with Crippen LogP contribution in [-0.4, -0.2) is 21.6 Å². The lowest BCUT2D eigenvalue weighted by molar-refractivity contribution is -0.137. The average Bonchev–Trinajstić information content (AvgIpc) is 2.89. The predicted octanol–water partition coefficient (Wildman–Crippen LogP) is 3.27. The van der Waals surface area contributed by atoms with Gasteiger partial charge in [0.25, 0.3) is 0 Å². The first-order valence-electron chi connectivity index (χ1n) is 6.33. The lowest BCUT2D eigenvalue weighted by Gasteiger charge is -2.23. The second-order valence-corrected chi connectivity index (χ2v) is 5.68. The Bertz CT molecular complexity index is 693. The molecule has 114 valence electrons. The number of anilines is 1. The summed E-state index contributed by atoms with van der Waals surface area (Å²) < 4.78 is 38.5. The van der Waals surface area contributed by atoms with Crippen molar-refractivity contribution in [2.45, 2.75) is 11.6 Å². The maximum Gasteiger partial charge on any atom is 0.416 e. The molecular weight excluding hydrogens is 315 g/mol. The maximum absolute atomic E-state index is 12.8.